The number of carboxylic acid groups (broad SMARTS) is 1. The first-order valence-electron chi connectivity index (χ1n) is 5.48. The highest BCUT2D eigenvalue weighted by atomic mass is 16.5. The summed E-state index contributed by atoms with van der Waals surface area (Å²) in [6.07, 6.45) is 0.908. The van der Waals surface area contributed by atoms with Crippen LogP contribution in [0.15, 0.2) is 0 Å². The van der Waals surface area contributed by atoms with Crippen LogP contribution < -0.4 is 5.32 Å². The molecule has 0 unspecified atom stereocenters. The van der Waals surface area contributed by atoms with E-state index in [1.807, 2.05) is 0 Å². The van der Waals surface area contributed by atoms with E-state index in [9.17, 15) is 14.7 Å². The van der Waals surface area contributed by atoms with Crippen LogP contribution in [0.2, 0.25) is 0 Å². The summed E-state index contributed by atoms with van der Waals surface area (Å²) in [6.45, 7) is 2.19. The van der Waals surface area contributed by atoms with Gasteiger partial charge in [-0.1, -0.05) is 0 Å². The van der Waals surface area contributed by atoms with Crippen LogP contribution in [-0.4, -0.2) is 60.3 Å². The molecule has 0 aromatic carbocycles. The lowest BCUT2D eigenvalue weighted by Gasteiger charge is -2.44. The summed E-state index contributed by atoms with van der Waals surface area (Å²) in [4.78, 5) is 24.5. The quantitative estimate of drug-likeness (QED) is 0.637. The van der Waals surface area contributed by atoms with Gasteiger partial charge >= 0.3 is 5.97 Å². The first-order valence-corrected chi connectivity index (χ1v) is 5.48. The molecule has 2 heterocycles. The fourth-order valence-electron chi connectivity index (χ4n) is 2.38. The first-order chi connectivity index (χ1) is 7.65. The highest BCUT2D eigenvalue weighted by molar-refractivity contribution is 5.83. The Hall–Kier alpha value is -1.14. The lowest BCUT2D eigenvalue weighted by atomic mass is 9.87. The van der Waals surface area contributed by atoms with Gasteiger partial charge < -0.3 is 15.2 Å². The van der Waals surface area contributed by atoms with Gasteiger partial charge in [0.2, 0.25) is 5.91 Å². The maximum absolute atomic E-state index is 11.5. The smallest absolute Gasteiger partial charge is 0.324 e. The van der Waals surface area contributed by atoms with Gasteiger partial charge in [0.1, 0.15) is 5.54 Å². The summed E-state index contributed by atoms with van der Waals surface area (Å²) < 4.78 is 5.20. The second-order valence-corrected chi connectivity index (χ2v) is 4.22. The van der Waals surface area contributed by atoms with Crippen molar-refractivity contribution < 1.29 is 19.4 Å². The Morgan fingerprint density at radius 1 is 1.44 bits per heavy atom. The van der Waals surface area contributed by atoms with E-state index >= 15 is 0 Å². The molecule has 0 saturated carbocycles. The van der Waals surface area contributed by atoms with E-state index < -0.39 is 11.5 Å². The fraction of sp³-hybridized carbons (Fsp3) is 0.800. The van der Waals surface area contributed by atoms with Crippen LogP contribution >= 0.6 is 0 Å². The molecule has 2 N–H and O–H groups in total. The molecule has 0 atom stereocenters. The summed E-state index contributed by atoms with van der Waals surface area (Å²) >= 11 is 0. The van der Waals surface area contributed by atoms with Crippen LogP contribution in [-0.2, 0) is 14.3 Å². The van der Waals surface area contributed by atoms with Crippen molar-refractivity contribution in [1.82, 2.24) is 10.2 Å². The average Bonchev–Trinajstić information content (AvgIpc) is 2.30. The van der Waals surface area contributed by atoms with E-state index in [0.717, 1.165) is 0 Å². The van der Waals surface area contributed by atoms with Crippen LogP contribution in [0.25, 0.3) is 0 Å². The Kier molecular flexibility index (Phi) is 3.11. The predicted molar refractivity (Wildman–Crippen MR) is 55.0 cm³/mol. The highest BCUT2D eigenvalue weighted by Gasteiger charge is 2.46. The second kappa shape index (κ2) is 4.39. The minimum absolute atomic E-state index is 0.0987. The summed E-state index contributed by atoms with van der Waals surface area (Å²) in [6, 6.07) is 0. The van der Waals surface area contributed by atoms with Gasteiger partial charge in [0, 0.05) is 26.3 Å². The molecule has 16 heavy (non-hydrogen) atoms. The van der Waals surface area contributed by atoms with Gasteiger partial charge in [-0.15, -0.1) is 0 Å². The molecule has 0 bridgehead atoms. The van der Waals surface area contributed by atoms with Gasteiger partial charge in [0.05, 0.1) is 6.54 Å². The molecule has 0 aliphatic carbocycles. The summed E-state index contributed by atoms with van der Waals surface area (Å²) in [5, 5.41) is 12.1. The van der Waals surface area contributed by atoms with E-state index in [2.05, 4.69) is 5.32 Å². The molecule has 90 valence electrons. The molecule has 2 rings (SSSR count). The number of piperazine rings is 1. The summed E-state index contributed by atoms with van der Waals surface area (Å²) in [5.74, 6) is -0.941. The third kappa shape index (κ3) is 1.90. The molecule has 2 aliphatic rings. The molecule has 6 heteroatoms. The Labute approximate surface area is 93.6 Å². The number of carbonyl (C=O) groups excluding carboxylic acids is 1. The van der Waals surface area contributed by atoms with Gasteiger partial charge in [-0.25, -0.2) is 0 Å². The summed E-state index contributed by atoms with van der Waals surface area (Å²) in [7, 11) is 0. The van der Waals surface area contributed by atoms with Crippen LogP contribution in [0, 0.1) is 0 Å². The van der Waals surface area contributed by atoms with Crippen molar-refractivity contribution in [3.8, 4) is 0 Å². The van der Waals surface area contributed by atoms with Crippen LogP contribution in [0.1, 0.15) is 12.8 Å². The van der Waals surface area contributed by atoms with Gasteiger partial charge in [0.15, 0.2) is 0 Å². The maximum Gasteiger partial charge on any atom is 0.324 e. The Bertz CT molecular complexity index is 299. The number of nitrogens with one attached hydrogen (secondary N) is 1. The maximum atomic E-state index is 11.5. The van der Waals surface area contributed by atoms with Crippen molar-refractivity contribution in [2.45, 2.75) is 18.4 Å². The van der Waals surface area contributed by atoms with Crippen molar-refractivity contribution in [2.75, 3.05) is 32.8 Å². The molecule has 0 aromatic rings. The molecule has 2 fully saturated rings. The van der Waals surface area contributed by atoms with Crippen molar-refractivity contribution in [3.05, 3.63) is 0 Å². The lowest BCUT2D eigenvalue weighted by molar-refractivity contribution is -0.160. The van der Waals surface area contributed by atoms with E-state index in [4.69, 9.17) is 4.74 Å². The van der Waals surface area contributed by atoms with Gasteiger partial charge in [-0.05, 0) is 12.8 Å². The number of amides is 1. The van der Waals surface area contributed by atoms with E-state index in [1.54, 1.807) is 4.90 Å². The van der Waals surface area contributed by atoms with Gasteiger partial charge in [-0.3, -0.25) is 14.5 Å². The number of nitrogens with zero attached hydrogens (tertiary/aromatic N) is 1. The highest BCUT2D eigenvalue weighted by Crippen LogP contribution is 2.28. The van der Waals surface area contributed by atoms with Gasteiger partial charge in [0.25, 0.3) is 0 Å². The number of carbonyl (C=O) groups is 2. The largest absolute Gasteiger partial charge is 0.480 e. The molecular formula is C10H16N2O4. The molecular weight excluding hydrogens is 212 g/mol. The third-order valence-corrected chi connectivity index (χ3v) is 3.36. The zero-order chi connectivity index (χ0) is 11.6. The fourth-order valence-corrected chi connectivity index (χ4v) is 2.38. The number of hydrogen-bond donors (Lipinski definition) is 2. The minimum Gasteiger partial charge on any atom is -0.480 e. The molecule has 0 aromatic heterocycles. The zero-order valence-electron chi connectivity index (χ0n) is 9.07. The predicted octanol–water partition coefficient (Wildman–Crippen LogP) is -0.948. The van der Waals surface area contributed by atoms with Crippen LogP contribution in [0.5, 0.6) is 0 Å². The van der Waals surface area contributed by atoms with E-state index in [1.165, 1.54) is 0 Å². The Balaban J connectivity index is 2.17. The van der Waals surface area contributed by atoms with E-state index in [-0.39, 0.29) is 12.5 Å². The SMILES string of the molecule is O=C1CN(C2(C(=O)O)CCOCC2)CCN1. The molecule has 2 aliphatic heterocycles. The number of ether oxygens (including phenoxy) is 1. The molecule has 0 spiro atoms. The number of aliphatic carboxylic acids is 1. The van der Waals surface area contributed by atoms with Crippen LogP contribution in [0.4, 0.5) is 0 Å². The van der Waals surface area contributed by atoms with Crippen molar-refractivity contribution in [3.63, 3.8) is 0 Å². The van der Waals surface area contributed by atoms with E-state index in [0.29, 0.717) is 39.1 Å². The number of rotatable bonds is 2. The normalized spacial score (nSPS) is 26.1. The third-order valence-electron chi connectivity index (χ3n) is 3.36. The minimum atomic E-state index is -0.907. The first kappa shape index (κ1) is 11.3. The van der Waals surface area contributed by atoms with Crippen LogP contribution in [0.3, 0.4) is 0 Å². The Morgan fingerprint density at radius 3 is 2.69 bits per heavy atom. The van der Waals surface area contributed by atoms with Crippen molar-refractivity contribution in [1.29, 1.82) is 0 Å². The molecule has 1 amide bonds. The Morgan fingerprint density at radius 2 is 2.12 bits per heavy atom. The number of hydrogen-bond acceptors (Lipinski definition) is 4. The van der Waals surface area contributed by atoms with Crippen molar-refractivity contribution in [2.24, 2.45) is 0 Å². The lowest BCUT2D eigenvalue weighted by Crippen LogP contribution is -2.63. The summed E-state index contributed by atoms with van der Waals surface area (Å²) in [5.41, 5.74) is -0.907. The standard InChI is InChI=1S/C10H16N2O4/c13-8-7-12(4-3-11-8)10(9(14)15)1-5-16-6-2-10/h1-7H2,(H,11,13)(H,14,15). The second-order valence-electron chi connectivity index (χ2n) is 4.22. The molecule has 0 radical (unpaired) electrons. The number of carboxylic acids is 1. The van der Waals surface area contributed by atoms with Crippen molar-refractivity contribution >= 4 is 11.9 Å². The monoisotopic (exact) mass is 228 g/mol. The molecule has 6 nitrogen and oxygen atoms in total. The average molecular weight is 228 g/mol. The topological polar surface area (TPSA) is 78.9 Å². The van der Waals surface area contributed by atoms with Gasteiger partial charge in [-0.2, -0.15) is 0 Å². The molecule has 2 saturated heterocycles. The zero-order valence-corrected chi connectivity index (χ0v) is 9.07.